The minimum absolute atomic E-state index is 0. The lowest BCUT2D eigenvalue weighted by atomic mass is 9.99. The summed E-state index contributed by atoms with van der Waals surface area (Å²) in [5, 5.41) is 5.34. The smallest absolute Gasteiger partial charge is 0.254 e. The van der Waals surface area contributed by atoms with Crippen molar-refractivity contribution in [2.24, 2.45) is 5.73 Å². The fraction of sp³-hybridized carbons (Fsp3) is 0.263. The second-order valence-corrected chi connectivity index (χ2v) is 6.25. The van der Waals surface area contributed by atoms with Gasteiger partial charge >= 0.3 is 0 Å². The molecule has 26 heavy (non-hydrogen) atoms. The highest BCUT2D eigenvalue weighted by Crippen LogP contribution is 2.26. The zero-order valence-electron chi connectivity index (χ0n) is 14.3. The minimum Gasteiger partial charge on any atom is -0.348 e. The number of nitrogens with one attached hydrogen (secondary N) is 2. The Labute approximate surface area is 157 Å². The van der Waals surface area contributed by atoms with Crippen LogP contribution in [0.15, 0.2) is 36.4 Å². The highest BCUT2D eigenvalue weighted by molar-refractivity contribution is 5.98. The third-order valence-electron chi connectivity index (χ3n) is 4.29. The van der Waals surface area contributed by atoms with Crippen LogP contribution in [-0.4, -0.2) is 11.8 Å². The molecule has 2 aromatic rings. The van der Waals surface area contributed by atoms with E-state index in [1.165, 1.54) is 12.1 Å². The Hall–Kier alpha value is -2.44. The van der Waals surface area contributed by atoms with Crippen LogP contribution in [0.5, 0.6) is 0 Å². The van der Waals surface area contributed by atoms with E-state index in [1.807, 2.05) is 31.2 Å². The van der Waals surface area contributed by atoms with Crippen molar-refractivity contribution < 1.29 is 14.0 Å². The lowest BCUT2D eigenvalue weighted by molar-refractivity contribution is -0.116. The molecule has 3 rings (SSSR count). The zero-order valence-corrected chi connectivity index (χ0v) is 15.2. The fourth-order valence-corrected chi connectivity index (χ4v) is 2.79. The van der Waals surface area contributed by atoms with Gasteiger partial charge in [-0.2, -0.15) is 0 Å². The monoisotopic (exact) mass is 377 g/mol. The first-order chi connectivity index (χ1) is 11.9. The Kier molecular flexibility index (Phi) is 6.34. The third-order valence-corrected chi connectivity index (χ3v) is 4.29. The number of rotatable bonds is 4. The predicted molar refractivity (Wildman–Crippen MR) is 101 cm³/mol. The largest absolute Gasteiger partial charge is 0.348 e. The molecule has 1 aliphatic heterocycles. The molecule has 1 heterocycles. The molecule has 0 saturated carbocycles. The normalized spacial score (nSPS) is 13.9. The van der Waals surface area contributed by atoms with Crippen LogP contribution >= 0.6 is 12.4 Å². The molecule has 1 aliphatic rings. The number of carbonyl (C=O) groups excluding carboxylic acids is 2. The van der Waals surface area contributed by atoms with E-state index in [0.717, 1.165) is 16.7 Å². The standard InChI is InChI=1S/C19H20FN3O2.ClH/c1-11(21)13-4-2-12(3-5-13)10-22-19(25)15-8-14-6-7-18(24)23-17(14)9-16(15)20;/h2-5,8-9,11H,6-7,10,21H2,1H3,(H,22,25)(H,23,24);1H. The van der Waals surface area contributed by atoms with Gasteiger partial charge in [0.1, 0.15) is 5.82 Å². The van der Waals surface area contributed by atoms with Gasteiger partial charge in [0.2, 0.25) is 5.91 Å². The van der Waals surface area contributed by atoms with Gasteiger partial charge in [-0.05, 0) is 42.2 Å². The molecule has 0 fully saturated rings. The van der Waals surface area contributed by atoms with E-state index in [1.54, 1.807) is 0 Å². The fourth-order valence-electron chi connectivity index (χ4n) is 2.79. The van der Waals surface area contributed by atoms with Crippen molar-refractivity contribution in [1.82, 2.24) is 5.32 Å². The first-order valence-corrected chi connectivity index (χ1v) is 8.19. The average molecular weight is 378 g/mol. The maximum atomic E-state index is 14.2. The summed E-state index contributed by atoms with van der Waals surface area (Å²) in [5.74, 6) is -1.27. The first-order valence-electron chi connectivity index (χ1n) is 8.19. The van der Waals surface area contributed by atoms with E-state index in [4.69, 9.17) is 5.73 Å². The molecule has 2 aromatic carbocycles. The van der Waals surface area contributed by atoms with Crippen LogP contribution in [0.2, 0.25) is 0 Å². The second kappa shape index (κ2) is 8.29. The van der Waals surface area contributed by atoms with Gasteiger partial charge in [-0.3, -0.25) is 9.59 Å². The molecule has 0 aliphatic carbocycles. The van der Waals surface area contributed by atoms with Gasteiger partial charge in [0.15, 0.2) is 0 Å². The molecular weight excluding hydrogens is 357 g/mol. The van der Waals surface area contributed by atoms with Crippen LogP contribution in [0, 0.1) is 5.82 Å². The van der Waals surface area contributed by atoms with Crippen LogP contribution in [0.3, 0.4) is 0 Å². The van der Waals surface area contributed by atoms with Crippen LogP contribution in [0.25, 0.3) is 0 Å². The van der Waals surface area contributed by atoms with Crippen molar-refractivity contribution in [1.29, 1.82) is 0 Å². The van der Waals surface area contributed by atoms with Crippen molar-refractivity contribution in [2.75, 3.05) is 5.32 Å². The molecule has 2 amide bonds. The Morgan fingerprint density at radius 3 is 2.62 bits per heavy atom. The number of carbonyl (C=O) groups is 2. The molecule has 0 spiro atoms. The SMILES string of the molecule is CC(N)c1ccc(CNC(=O)c2cc3c(cc2F)NC(=O)CC3)cc1.Cl. The topological polar surface area (TPSA) is 84.2 Å². The Balaban J connectivity index is 0.00000243. The van der Waals surface area contributed by atoms with Crippen LogP contribution in [-0.2, 0) is 17.8 Å². The molecular formula is C19H21ClFN3O2. The van der Waals surface area contributed by atoms with Gasteiger partial charge in [0.05, 0.1) is 5.56 Å². The summed E-state index contributed by atoms with van der Waals surface area (Å²) in [6.45, 7) is 2.20. The summed E-state index contributed by atoms with van der Waals surface area (Å²) in [5.41, 5.74) is 8.92. The molecule has 0 aromatic heterocycles. The molecule has 0 bridgehead atoms. The van der Waals surface area contributed by atoms with Gasteiger partial charge in [0, 0.05) is 24.7 Å². The number of aryl methyl sites for hydroxylation is 1. The summed E-state index contributed by atoms with van der Waals surface area (Å²) >= 11 is 0. The highest BCUT2D eigenvalue weighted by Gasteiger charge is 2.20. The van der Waals surface area contributed by atoms with Crippen molar-refractivity contribution >= 4 is 29.9 Å². The number of hydrogen-bond donors (Lipinski definition) is 3. The first kappa shape index (κ1) is 19.9. The summed E-state index contributed by atoms with van der Waals surface area (Å²) < 4.78 is 14.2. The maximum absolute atomic E-state index is 14.2. The Bertz CT molecular complexity index is 822. The van der Waals surface area contributed by atoms with Gasteiger partial charge in [0.25, 0.3) is 5.91 Å². The summed E-state index contributed by atoms with van der Waals surface area (Å²) in [6, 6.07) is 10.3. The summed E-state index contributed by atoms with van der Waals surface area (Å²) in [7, 11) is 0. The number of benzene rings is 2. The van der Waals surface area contributed by atoms with E-state index >= 15 is 0 Å². The molecule has 1 unspecified atom stereocenters. The van der Waals surface area contributed by atoms with Crippen LogP contribution in [0.1, 0.15) is 46.4 Å². The Morgan fingerprint density at radius 2 is 1.96 bits per heavy atom. The molecule has 7 heteroatoms. The van der Waals surface area contributed by atoms with Crippen molar-refractivity contribution in [2.45, 2.75) is 32.4 Å². The predicted octanol–water partition coefficient (Wildman–Crippen LogP) is 3.08. The Morgan fingerprint density at radius 1 is 1.27 bits per heavy atom. The maximum Gasteiger partial charge on any atom is 0.254 e. The number of nitrogens with two attached hydrogens (primary N) is 1. The molecule has 0 saturated heterocycles. The number of hydrogen-bond acceptors (Lipinski definition) is 3. The second-order valence-electron chi connectivity index (χ2n) is 6.25. The minimum atomic E-state index is -0.647. The van der Waals surface area contributed by atoms with Gasteiger partial charge in [-0.1, -0.05) is 24.3 Å². The molecule has 4 N–H and O–H groups in total. The van der Waals surface area contributed by atoms with Crippen molar-refractivity contribution in [3.05, 3.63) is 64.5 Å². The number of fused-ring (bicyclic) bond motifs is 1. The van der Waals surface area contributed by atoms with Crippen molar-refractivity contribution in [3.63, 3.8) is 0 Å². The molecule has 5 nitrogen and oxygen atoms in total. The van der Waals surface area contributed by atoms with Crippen LogP contribution in [0.4, 0.5) is 10.1 Å². The van der Waals surface area contributed by atoms with E-state index in [2.05, 4.69) is 10.6 Å². The number of halogens is 2. The highest BCUT2D eigenvalue weighted by atomic mass is 35.5. The van der Waals surface area contributed by atoms with E-state index in [0.29, 0.717) is 25.1 Å². The molecule has 0 radical (unpaired) electrons. The number of anilines is 1. The average Bonchev–Trinajstić information content (AvgIpc) is 2.59. The lowest BCUT2D eigenvalue weighted by Gasteiger charge is -2.18. The van der Waals surface area contributed by atoms with Crippen molar-refractivity contribution in [3.8, 4) is 0 Å². The van der Waals surface area contributed by atoms with Crippen LogP contribution < -0.4 is 16.4 Å². The van der Waals surface area contributed by atoms with E-state index in [9.17, 15) is 14.0 Å². The number of amides is 2. The van der Waals surface area contributed by atoms with E-state index < -0.39 is 11.7 Å². The van der Waals surface area contributed by atoms with E-state index in [-0.39, 0.29) is 29.9 Å². The lowest BCUT2D eigenvalue weighted by Crippen LogP contribution is -2.25. The summed E-state index contributed by atoms with van der Waals surface area (Å²) in [4.78, 5) is 23.7. The van der Waals surface area contributed by atoms with Gasteiger partial charge in [-0.25, -0.2) is 4.39 Å². The van der Waals surface area contributed by atoms with Gasteiger partial charge < -0.3 is 16.4 Å². The third kappa shape index (κ3) is 4.39. The van der Waals surface area contributed by atoms with Gasteiger partial charge in [-0.15, -0.1) is 12.4 Å². The molecule has 1 atom stereocenters. The quantitative estimate of drug-likeness (QED) is 0.765. The molecule has 138 valence electrons. The zero-order chi connectivity index (χ0) is 18.0. The summed E-state index contributed by atoms with van der Waals surface area (Å²) in [6.07, 6.45) is 0.839.